The molecule has 0 unspecified atom stereocenters. The van der Waals surface area contributed by atoms with Gasteiger partial charge in [0, 0.05) is 27.7 Å². The van der Waals surface area contributed by atoms with Crippen LogP contribution >= 0.6 is 0 Å². The van der Waals surface area contributed by atoms with E-state index in [4.69, 9.17) is 5.73 Å². The Morgan fingerprint density at radius 2 is 0.906 bits per heavy atom. The van der Waals surface area contributed by atoms with Gasteiger partial charge in [0.1, 0.15) is 0 Å². The average Bonchev–Trinajstić information content (AvgIpc) is 3.20. The van der Waals surface area contributed by atoms with Gasteiger partial charge in [0.15, 0.2) is 0 Å². The lowest BCUT2D eigenvalue weighted by atomic mass is 10.0. The predicted octanol–water partition coefficient (Wildman–Crippen LogP) is 7.72. The summed E-state index contributed by atoms with van der Waals surface area (Å²) >= 11 is 0. The highest BCUT2D eigenvalue weighted by Crippen LogP contribution is 2.31. The summed E-state index contributed by atoms with van der Waals surface area (Å²) in [5, 5.41) is 2.61. The Labute approximate surface area is 188 Å². The average molecular weight is 413 g/mol. The summed E-state index contributed by atoms with van der Waals surface area (Å²) < 4.78 is 2.32. The molecular formula is C30H24N2. The molecule has 5 aromatic carbocycles. The van der Waals surface area contributed by atoms with Crippen molar-refractivity contribution in [1.82, 2.24) is 4.57 Å². The first-order valence-corrected chi connectivity index (χ1v) is 10.8. The fourth-order valence-corrected chi connectivity index (χ4v) is 4.16. The van der Waals surface area contributed by atoms with Crippen molar-refractivity contribution >= 4 is 27.5 Å². The van der Waals surface area contributed by atoms with E-state index in [0.717, 1.165) is 11.3 Å². The zero-order valence-electron chi connectivity index (χ0n) is 17.7. The number of hydrogen-bond donors (Lipinski definition) is 1. The number of anilines is 1. The summed E-state index contributed by atoms with van der Waals surface area (Å²) in [5.41, 5.74) is 12.7. The third-order valence-electron chi connectivity index (χ3n) is 5.64. The normalized spacial score (nSPS) is 10.6. The molecule has 0 saturated carbocycles. The summed E-state index contributed by atoms with van der Waals surface area (Å²) in [4.78, 5) is 0. The zero-order valence-corrected chi connectivity index (χ0v) is 17.7. The molecule has 0 atom stereocenters. The minimum Gasteiger partial charge on any atom is -0.398 e. The van der Waals surface area contributed by atoms with Gasteiger partial charge in [-0.2, -0.15) is 0 Å². The summed E-state index contributed by atoms with van der Waals surface area (Å²) in [7, 11) is 0. The number of nitrogens with two attached hydrogens (primary N) is 1. The van der Waals surface area contributed by atoms with Crippen LogP contribution in [0.5, 0.6) is 0 Å². The molecule has 154 valence electrons. The Balaban J connectivity index is 0.000000146. The molecule has 6 aromatic rings. The molecule has 0 aliphatic carbocycles. The van der Waals surface area contributed by atoms with Crippen molar-refractivity contribution in [2.45, 2.75) is 0 Å². The number of aromatic nitrogens is 1. The Hall–Kier alpha value is -4.30. The van der Waals surface area contributed by atoms with Crippen molar-refractivity contribution in [3.8, 4) is 16.8 Å². The molecular weight excluding hydrogens is 388 g/mol. The fraction of sp³-hybridized carbons (Fsp3) is 0. The zero-order chi connectivity index (χ0) is 21.8. The Morgan fingerprint density at radius 3 is 1.50 bits per heavy atom. The first kappa shape index (κ1) is 19.7. The number of para-hydroxylation sites is 4. The molecule has 0 aliphatic rings. The number of nitrogens with zero attached hydrogens (tertiary/aromatic N) is 1. The van der Waals surface area contributed by atoms with Crippen LogP contribution in [-0.4, -0.2) is 4.57 Å². The van der Waals surface area contributed by atoms with E-state index in [1.54, 1.807) is 0 Å². The lowest BCUT2D eigenvalue weighted by molar-refractivity contribution is 1.18. The molecule has 6 rings (SSSR count). The Kier molecular flexibility index (Phi) is 5.42. The van der Waals surface area contributed by atoms with Gasteiger partial charge >= 0.3 is 0 Å². The number of benzene rings is 5. The van der Waals surface area contributed by atoms with Crippen LogP contribution in [0.15, 0.2) is 133 Å². The number of nitrogen functional groups attached to an aromatic ring is 1. The molecule has 2 N–H and O–H groups in total. The van der Waals surface area contributed by atoms with Crippen LogP contribution in [0.4, 0.5) is 5.69 Å². The van der Waals surface area contributed by atoms with Crippen LogP contribution in [0, 0.1) is 0 Å². The lowest BCUT2D eigenvalue weighted by Gasteiger charge is -2.06. The molecule has 0 aliphatic heterocycles. The van der Waals surface area contributed by atoms with E-state index < -0.39 is 0 Å². The Bertz CT molecular complexity index is 1410. The van der Waals surface area contributed by atoms with E-state index in [1.807, 2.05) is 42.5 Å². The molecule has 0 saturated heterocycles. The van der Waals surface area contributed by atoms with E-state index in [-0.39, 0.29) is 0 Å². The van der Waals surface area contributed by atoms with Gasteiger partial charge in [-0.15, -0.1) is 0 Å². The van der Waals surface area contributed by atoms with E-state index >= 15 is 0 Å². The van der Waals surface area contributed by atoms with Crippen LogP contribution in [0.1, 0.15) is 0 Å². The van der Waals surface area contributed by atoms with Crippen molar-refractivity contribution in [1.29, 1.82) is 0 Å². The van der Waals surface area contributed by atoms with Crippen LogP contribution < -0.4 is 5.73 Å². The molecule has 0 amide bonds. The van der Waals surface area contributed by atoms with E-state index in [2.05, 4.69) is 95.6 Å². The van der Waals surface area contributed by atoms with Gasteiger partial charge < -0.3 is 10.3 Å². The molecule has 0 spiro atoms. The van der Waals surface area contributed by atoms with E-state index in [0.29, 0.717) is 0 Å². The molecule has 32 heavy (non-hydrogen) atoms. The van der Waals surface area contributed by atoms with Crippen LogP contribution in [0.2, 0.25) is 0 Å². The standard InChI is InChI=1S/C18H13N.C12H11N/c1-2-8-14(9-3-1)19-17-12-6-4-10-15(17)16-11-5-7-13-18(16)19;13-12-9-5-4-8-11(12)10-6-2-1-3-7-10/h1-13H;1-9H,13H2. The number of hydrogen-bond acceptors (Lipinski definition) is 1. The Morgan fingerprint density at radius 1 is 0.438 bits per heavy atom. The minimum atomic E-state index is 0.828. The number of fused-ring (bicyclic) bond motifs is 3. The molecule has 0 radical (unpaired) electrons. The minimum absolute atomic E-state index is 0.828. The highest BCUT2D eigenvalue weighted by Gasteiger charge is 2.10. The smallest absolute Gasteiger partial charge is 0.0541 e. The van der Waals surface area contributed by atoms with Crippen molar-refractivity contribution in [2.24, 2.45) is 0 Å². The topological polar surface area (TPSA) is 30.9 Å². The highest BCUT2D eigenvalue weighted by molar-refractivity contribution is 6.09. The first-order chi connectivity index (χ1) is 15.8. The van der Waals surface area contributed by atoms with Crippen molar-refractivity contribution < 1.29 is 0 Å². The summed E-state index contributed by atoms with van der Waals surface area (Å²) in [6.45, 7) is 0. The molecule has 1 heterocycles. The maximum atomic E-state index is 5.85. The molecule has 1 aromatic heterocycles. The molecule has 0 fully saturated rings. The molecule has 2 heteroatoms. The van der Waals surface area contributed by atoms with E-state index in [1.165, 1.54) is 33.1 Å². The largest absolute Gasteiger partial charge is 0.398 e. The van der Waals surface area contributed by atoms with Gasteiger partial charge in [-0.05, 0) is 35.9 Å². The second-order valence-corrected chi connectivity index (χ2v) is 7.66. The van der Waals surface area contributed by atoms with Crippen LogP contribution in [0.3, 0.4) is 0 Å². The van der Waals surface area contributed by atoms with Gasteiger partial charge in [-0.25, -0.2) is 0 Å². The monoisotopic (exact) mass is 412 g/mol. The van der Waals surface area contributed by atoms with Gasteiger partial charge in [-0.3, -0.25) is 0 Å². The van der Waals surface area contributed by atoms with Crippen molar-refractivity contribution in [2.75, 3.05) is 5.73 Å². The third-order valence-corrected chi connectivity index (χ3v) is 5.64. The molecule has 2 nitrogen and oxygen atoms in total. The van der Waals surface area contributed by atoms with Crippen LogP contribution in [0.25, 0.3) is 38.6 Å². The van der Waals surface area contributed by atoms with Crippen molar-refractivity contribution in [3.05, 3.63) is 133 Å². The summed E-state index contributed by atoms with van der Waals surface area (Å²) in [6, 6.07) is 45.7. The fourth-order valence-electron chi connectivity index (χ4n) is 4.16. The second-order valence-electron chi connectivity index (χ2n) is 7.66. The summed E-state index contributed by atoms with van der Waals surface area (Å²) in [6.07, 6.45) is 0. The summed E-state index contributed by atoms with van der Waals surface area (Å²) in [5.74, 6) is 0. The maximum absolute atomic E-state index is 5.85. The quantitative estimate of drug-likeness (QED) is 0.290. The second kappa shape index (κ2) is 8.83. The van der Waals surface area contributed by atoms with Gasteiger partial charge in [-0.1, -0.05) is 103 Å². The lowest BCUT2D eigenvalue weighted by Crippen LogP contribution is -1.92. The maximum Gasteiger partial charge on any atom is 0.0541 e. The van der Waals surface area contributed by atoms with Crippen molar-refractivity contribution in [3.63, 3.8) is 0 Å². The first-order valence-electron chi connectivity index (χ1n) is 10.8. The predicted molar refractivity (Wildman–Crippen MR) is 137 cm³/mol. The molecule has 0 bridgehead atoms. The van der Waals surface area contributed by atoms with Gasteiger partial charge in [0.25, 0.3) is 0 Å². The van der Waals surface area contributed by atoms with E-state index in [9.17, 15) is 0 Å². The SMILES string of the molecule is Nc1ccccc1-c1ccccc1.c1ccc(-n2c3ccccc3c3ccccc32)cc1. The third kappa shape index (κ3) is 3.75. The van der Waals surface area contributed by atoms with Gasteiger partial charge in [0.2, 0.25) is 0 Å². The van der Waals surface area contributed by atoms with Crippen LogP contribution in [-0.2, 0) is 0 Å². The number of rotatable bonds is 2. The van der Waals surface area contributed by atoms with Gasteiger partial charge in [0.05, 0.1) is 11.0 Å². The highest BCUT2D eigenvalue weighted by atomic mass is 15.0.